The molecular formula is C17H25ClN2O3. The van der Waals surface area contributed by atoms with Gasteiger partial charge in [-0.2, -0.15) is 0 Å². The highest BCUT2D eigenvalue weighted by Crippen LogP contribution is 2.15. The molecular weight excluding hydrogens is 316 g/mol. The number of urea groups is 1. The Kier molecular flexibility index (Phi) is 9.14. The van der Waals surface area contributed by atoms with E-state index in [0.717, 1.165) is 19.3 Å². The van der Waals surface area contributed by atoms with Crippen LogP contribution in [0.1, 0.15) is 39.5 Å². The largest absolute Gasteiger partial charge is 0.466 e. The number of halogens is 1. The second-order valence-electron chi connectivity index (χ2n) is 5.19. The number of nitrogens with one attached hydrogen (secondary N) is 1. The monoisotopic (exact) mass is 340 g/mol. The van der Waals surface area contributed by atoms with Crippen LogP contribution >= 0.6 is 11.6 Å². The molecule has 0 unspecified atom stereocenters. The van der Waals surface area contributed by atoms with Crippen molar-refractivity contribution in [1.82, 2.24) is 4.90 Å². The SMILES string of the molecule is CCCCCN(CCC(=O)OCC)C(=O)Nc1cccc(Cl)c1. The number of ether oxygens (including phenoxy) is 1. The lowest BCUT2D eigenvalue weighted by Crippen LogP contribution is -2.37. The summed E-state index contributed by atoms with van der Waals surface area (Å²) in [4.78, 5) is 25.6. The van der Waals surface area contributed by atoms with Crippen molar-refractivity contribution in [1.29, 1.82) is 0 Å². The minimum Gasteiger partial charge on any atom is -0.466 e. The maximum atomic E-state index is 12.4. The van der Waals surface area contributed by atoms with E-state index in [2.05, 4.69) is 12.2 Å². The van der Waals surface area contributed by atoms with E-state index < -0.39 is 0 Å². The van der Waals surface area contributed by atoms with Crippen molar-refractivity contribution in [3.63, 3.8) is 0 Å². The van der Waals surface area contributed by atoms with Crippen molar-refractivity contribution < 1.29 is 14.3 Å². The average Bonchev–Trinajstić information content (AvgIpc) is 2.51. The third-order valence-electron chi connectivity index (χ3n) is 3.29. The van der Waals surface area contributed by atoms with Gasteiger partial charge in [0.15, 0.2) is 0 Å². The molecule has 1 rings (SSSR count). The van der Waals surface area contributed by atoms with E-state index in [0.29, 0.717) is 30.4 Å². The highest BCUT2D eigenvalue weighted by atomic mass is 35.5. The lowest BCUT2D eigenvalue weighted by Gasteiger charge is -2.23. The van der Waals surface area contributed by atoms with Crippen LogP contribution in [0, 0.1) is 0 Å². The van der Waals surface area contributed by atoms with Crippen LogP contribution in [0.15, 0.2) is 24.3 Å². The molecule has 0 bridgehead atoms. The van der Waals surface area contributed by atoms with Gasteiger partial charge in [0.25, 0.3) is 0 Å². The van der Waals surface area contributed by atoms with Crippen LogP contribution in [0.3, 0.4) is 0 Å². The van der Waals surface area contributed by atoms with E-state index in [-0.39, 0.29) is 18.4 Å². The van der Waals surface area contributed by atoms with Gasteiger partial charge in [-0.25, -0.2) is 4.79 Å². The van der Waals surface area contributed by atoms with Gasteiger partial charge in [-0.1, -0.05) is 37.4 Å². The highest BCUT2D eigenvalue weighted by molar-refractivity contribution is 6.30. The molecule has 0 saturated heterocycles. The first kappa shape index (κ1) is 19.3. The summed E-state index contributed by atoms with van der Waals surface area (Å²) in [6.45, 7) is 5.18. The van der Waals surface area contributed by atoms with Crippen LogP contribution in [0.4, 0.5) is 10.5 Å². The van der Waals surface area contributed by atoms with Gasteiger partial charge in [0.2, 0.25) is 0 Å². The zero-order valence-corrected chi connectivity index (χ0v) is 14.6. The molecule has 5 nitrogen and oxygen atoms in total. The maximum absolute atomic E-state index is 12.4. The van der Waals surface area contributed by atoms with Crippen LogP contribution in [0.25, 0.3) is 0 Å². The van der Waals surface area contributed by atoms with Gasteiger partial charge in [0.05, 0.1) is 13.0 Å². The van der Waals surface area contributed by atoms with Crippen LogP contribution in [-0.4, -0.2) is 36.6 Å². The molecule has 6 heteroatoms. The van der Waals surface area contributed by atoms with Crippen molar-refractivity contribution in [2.24, 2.45) is 0 Å². The zero-order chi connectivity index (χ0) is 17.1. The lowest BCUT2D eigenvalue weighted by molar-refractivity contribution is -0.143. The molecule has 128 valence electrons. The summed E-state index contributed by atoms with van der Waals surface area (Å²) in [5, 5.41) is 3.38. The number of esters is 1. The molecule has 0 fully saturated rings. The minimum absolute atomic E-state index is 0.197. The predicted molar refractivity (Wildman–Crippen MR) is 92.8 cm³/mol. The zero-order valence-electron chi connectivity index (χ0n) is 13.8. The Hall–Kier alpha value is -1.75. The van der Waals surface area contributed by atoms with Gasteiger partial charge in [-0.3, -0.25) is 4.79 Å². The van der Waals surface area contributed by atoms with E-state index in [4.69, 9.17) is 16.3 Å². The Balaban J connectivity index is 2.61. The topological polar surface area (TPSA) is 58.6 Å². The number of carbonyl (C=O) groups is 2. The van der Waals surface area contributed by atoms with Crippen molar-refractivity contribution in [3.05, 3.63) is 29.3 Å². The first-order chi connectivity index (χ1) is 11.1. The fourth-order valence-corrected chi connectivity index (χ4v) is 2.29. The summed E-state index contributed by atoms with van der Waals surface area (Å²) in [6, 6.07) is 6.76. The number of amides is 2. The van der Waals surface area contributed by atoms with Crippen LogP contribution in [0.5, 0.6) is 0 Å². The average molecular weight is 341 g/mol. The second kappa shape index (κ2) is 10.9. The molecule has 0 aliphatic rings. The number of anilines is 1. The number of carbonyl (C=O) groups excluding carboxylic acids is 2. The predicted octanol–water partition coefficient (Wildman–Crippen LogP) is 4.32. The van der Waals surface area contributed by atoms with Gasteiger partial charge in [-0.15, -0.1) is 0 Å². The Labute approximate surface area is 142 Å². The summed E-state index contributed by atoms with van der Waals surface area (Å²) in [5.41, 5.74) is 0.638. The lowest BCUT2D eigenvalue weighted by atomic mass is 10.2. The molecule has 0 heterocycles. The van der Waals surface area contributed by atoms with Gasteiger partial charge in [0, 0.05) is 23.8 Å². The van der Waals surface area contributed by atoms with E-state index in [9.17, 15) is 9.59 Å². The molecule has 0 aliphatic heterocycles. The van der Waals surface area contributed by atoms with Gasteiger partial charge >= 0.3 is 12.0 Å². The smallest absolute Gasteiger partial charge is 0.321 e. The number of rotatable bonds is 9. The number of hydrogen-bond donors (Lipinski definition) is 1. The summed E-state index contributed by atoms with van der Waals surface area (Å²) >= 11 is 5.92. The van der Waals surface area contributed by atoms with Crippen molar-refractivity contribution in [2.45, 2.75) is 39.5 Å². The van der Waals surface area contributed by atoms with Crippen molar-refractivity contribution in [3.8, 4) is 0 Å². The van der Waals surface area contributed by atoms with Crippen molar-refractivity contribution >= 4 is 29.3 Å². The minimum atomic E-state index is -0.288. The summed E-state index contributed by atoms with van der Waals surface area (Å²) in [6.07, 6.45) is 3.22. The Morgan fingerprint density at radius 3 is 2.65 bits per heavy atom. The van der Waals surface area contributed by atoms with Gasteiger partial charge in [-0.05, 0) is 31.5 Å². The maximum Gasteiger partial charge on any atom is 0.321 e. The quantitative estimate of drug-likeness (QED) is 0.538. The summed E-state index contributed by atoms with van der Waals surface area (Å²) < 4.78 is 4.92. The Bertz CT molecular complexity index is 508. The number of unbranched alkanes of at least 4 members (excludes halogenated alkanes) is 2. The summed E-state index contributed by atoms with van der Waals surface area (Å²) in [7, 11) is 0. The summed E-state index contributed by atoms with van der Waals surface area (Å²) in [5.74, 6) is -0.288. The fraction of sp³-hybridized carbons (Fsp3) is 0.529. The first-order valence-electron chi connectivity index (χ1n) is 8.04. The number of benzene rings is 1. The van der Waals surface area contributed by atoms with E-state index in [1.807, 2.05) is 0 Å². The standard InChI is InChI=1S/C17H25ClN2O3/c1-3-5-6-11-20(12-10-16(21)23-4-2)17(22)19-15-9-7-8-14(18)13-15/h7-9,13H,3-6,10-12H2,1-2H3,(H,19,22). The van der Waals surface area contributed by atoms with E-state index in [1.54, 1.807) is 36.1 Å². The van der Waals surface area contributed by atoms with Crippen LogP contribution in [0.2, 0.25) is 5.02 Å². The number of nitrogens with zero attached hydrogens (tertiary/aromatic N) is 1. The van der Waals surface area contributed by atoms with Crippen LogP contribution < -0.4 is 5.32 Å². The van der Waals surface area contributed by atoms with Crippen LogP contribution in [-0.2, 0) is 9.53 Å². The Morgan fingerprint density at radius 2 is 2.00 bits per heavy atom. The van der Waals surface area contributed by atoms with Gasteiger partial charge < -0.3 is 15.0 Å². The third kappa shape index (κ3) is 7.88. The third-order valence-corrected chi connectivity index (χ3v) is 3.52. The first-order valence-corrected chi connectivity index (χ1v) is 8.41. The second-order valence-corrected chi connectivity index (χ2v) is 5.63. The van der Waals surface area contributed by atoms with Gasteiger partial charge in [0.1, 0.15) is 0 Å². The molecule has 0 spiro atoms. The highest BCUT2D eigenvalue weighted by Gasteiger charge is 2.15. The Morgan fingerprint density at radius 1 is 1.22 bits per heavy atom. The molecule has 0 aliphatic carbocycles. The molecule has 1 aromatic carbocycles. The van der Waals surface area contributed by atoms with Crippen molar-refractivity contribution in [2.75, 3.05) is 25.0 Å². The molecule has 0 aromatic heterocycles. The fourth-order valence-electron chi connectivity index (χ4n) is 2.10. The molecule has 0 radical (unpaired) electrons. The van der Waals surface area contributed by atoms with E-state index >= 15 is 0 Å². The molecule has 2 amide bonds. The molecule has 1 N–H and O–H groups in total. The number of hydrogen-bond acceptors (Lipinski definition) is 3. The molecule has 1 aromatic rings. The normalized spacial score (nSPS) is 10.2. The molecule has 23 heavy (non-hydrogen) atoms. The molecule has 0 saturated carbocycles. The molecule has 0 atom stereocenters. The van der Waals surface area contributed by atoms with E-state index in [1.165, 1.54) is 0 Å².